The van der Waals surface area contributed by atoms with Crippen LogP contribution in [0.2, 0.25) is 0 Å². The number of anilines is 1. The van der Waals surface area contributed by atoms with Crippen molar-refractivity contribution in [1.29, 1.82) is 0 Å². The monoisotopic (exact) mass is 381 g/mol. The first kappa shape index (κ1) is 19.4. The van der Waals surface area contributed by atoms with Gasteiger partial charge in [0.05, 0.1) is 31.5 Å². The Labute approximate surface area is 156 Å². The zero-order valence-electron chi connectivity index (χ0n) is 15.2. The summed E-state index contributed by atoms with van der Waals surface area (Å²) in [5.74, 6) is -0.660. The summed E-state index contributed by atoms with van der Waals surface area (Å²) < 4.78 is 30.5. The standard InChI is InChI=1S/C18H24FN3O5/c1-12(23)21-10-15-11-22(18(24)27-15)13-2-3-17(16(19)8-13)26-7-6-25-14-4-5-20-9-14/h2-3,8,14-15,20H,4-7,9-11H2,1H3,(H,21,23)/t14?,15-/m0/s1. The molecule has 1 aromatic rings. The van der Waals surface area contributed by atoms with Crippen molar-refractivity contribution < 1.29 is 28.2 Å². The molecule has 1 unspecified atom stereocenters. The van der Waals surface area contributed by atoms with Gasteiger partial charge in [-0.05, 0) is 25.1 Å². The highest BCUT2D eigenvalue weighted by molar-refractivity contribution is 5.89. The lowest BCUT2D eigenvalue weighted by molar-refractivity contribution is -0.119. The van der Waals surface area contributed by atoms with Crippen molar-refractivity contribution in [3.8, 4) is 5.75 Å². The molecule has 2 aliphatic heterocycles. The minimum Gasteiger partial charge on any atom is -0.488 e. The van der Waals surface area contributed by atoms with Crippen molar-refractivity contribution in [3.05, 3.63) is 24.0 Å². The van der Waals surface area contributed by atoms with Crippen LogP contribution in [-0.2, 0) is 14.3 Å². The summed E-state index contributed by atoms with van der Waals surface area (Å²) in [6, 6.07) is 4.32. The van der Waals surface area contributed by atoms with E-state index in [0.717, 1.165) is 19.5 Å². The smallest absolute Gasteiger partial charge is 0.414 e. The van der Waals surface area contributed by atoms with Crippen LogP contribution in [0.5, 0.6) is 5.75 Å². The molecule has 3 rings (SSSR count). The van der Waals surface area contributed by atoms with Crippen molar-refractivity contribution in [1.82, 2.24) is 10.6 Å². The van der Waals surface area contributed by atoms with Crippen molar-refractivity contribution in [3.63, 3.8) is 0 Å². The normalized spacial score (nSPS) is 22.0. The molecule has 2 heterocycles. The van der Waals surface area contributed by atoms with Crippen LogP contribution in [0.3, 0.4) is 0 Å². The number of ether oxygens (including phenoxy) is 3. The molecule has 148 valence electrons. The van der Waals surface area contributed by atoms with Gasteiger partial charge in [0.2, 0.25) is 5.91 Å². The van der Waals surface area contributed by atoms with Gasteiger partial charge in [0.1, 0.15) is 12.7 Å². The van der Waals surface area contributed by atoms with E-state index in [9.17, 15) is 14.0 Å². The Morgan fingerprint density at radius 1 is 1.44 bits per heavy atom. The lowest BCUT2D eigenvalue weighted by Gasteiger charge is -2.15. The van der Waals surface area contributed by atoms with E-state index in [1.807, 2.05) is 0 Å². The minimum atomic E-state index is -0.572. The van der Waals surface area contributed by atoms with Crippen LogP contribution < -0.4 is 20.3 Å². The van der Waals surface area contributed by atoms with Crippen molar-refractivity contribution in [2.45, 2.75) is 25.6 Å². The summed E-state index contributed by atoms with van der Waals surface area (Å²) in [7, 11) is 0. The Balaban J connectivity index is 1.50. The summed E-state index contributed by atoms with van der Waals surface area (Å²) in [5.41, 5.74) is 0.378. The number of carbonyl (C=O) groups is 2. The van der Waals surface area contributed by atoms with Gasteiger partial charge in [-0.3, -0.25) is 9.69 Å². The van der Waals surface area contributed by atoms with Crippen LogP contribution in [0.15, 0.2) is 18.2 Å². The summed E-state index contributed by atoms with van der Waals surface area (Å²) in [5, 5.41) is 5.80. The van der Waals surface area contributed by atoms with E-state index in [1.165, 1.54) is 24.0 Å². The number of nitrogens with zero attached hydrogens (tertiary/aromatic N) is 1. The average molecular weight is 381 g/mol. The maximum atomic E-state index is 14.3. The van der Waals surface area contributed by atoms with Gasteiger partial charge >= 0.3 is 6.09 Å². The molecular weight excluding hydrogens is 357 g/mol. The zero-order valence-corrected chi connectivity index (χ0v) is 15.2. The summed E-state index contributed by atoms with van der Waals surface area (Å²) in [6.45, 7) is 4.26. The van der Waals surface area contributed by atoms with Crippen LogP contribution in [0, 0.1) is 5.82 Å². The zero-order chi connectivity index (χ0) is 19.2. The van der Waals surface area contributed by atoms with Gasteiger partial charge in [0.25, 0.3) is 0 Å². The molecule has 0 radical (unpaired) electrons. The molecule has 8 nitrogen and oxygen atoms in total. The molecule has 2 fully saturated rings. The molecule has 2 atom stereocenters. The second kappa shape index (κ2) is 9.01. The SMILES string of the molecule is CC(=O)NC[C@H]1CN(c2ccc(OCCOC3CCNC3)c(F)c2)C(=O)O1. The topological polar surface area (TPSA) is 89.1 Å². The second-order valence-corrected chi connectivity index (χ2v) is 6.50. The quantitative estimate of drug-likeness (QED) is 0.655. The number of rotatable bonds is 8. The number of hydrogen-bond acceptors (Lipinski definition) is 6. The van der Waals surface area contributed by atoms with E-state index in [0.29, 0.717) is 12.3 Å². The molecule has 0 bridgehead atoms. The summed E-state index contributed by atoms with van der Waals surface area (Å²) in [4.78, 5) is 24.3. The number of benzene rings is 1. The molecule has 0 spiro atoms. The Hall–Kier alpha value is -2.39. The molecule has 1 aromatic carbocycles. The molecule has 0 aliphatic carbocycles. The molecule has 9 heteroatoms. The second-order valence-electron chi connectivity index (χ2n) is 6.50. The van der Waals surface area contributed by atoms with Gasteiger partial charge < -0.3 is 24.8 Å². The lowest BCUT2D eigenvalue weighted by Crippen LogP contribution is -2.33. The summed E-state index contributed by atoms with van der Waals surface area (Å²) >= 11 is 0. The van der Waals surface area contributed by atoms with Crippen molar-refractivity contribution in [2.24, 2.45) is 0 Å². The Morgan fingerprint density at radius 3 is 3.00 bits per heavy atom. The van der Waals surface area contributed by atoms with Crippen LogP contribution in [0.1, 0.15) is 13.3 Å². The van der Waals surface area contributed by atoms with E-state index in [4.69, 9.17) is 14.2 Å². The van der Waals surface area contributed by atoms with E-state index < -0.39 is 18.0 Å². The maximum Gasteiger partial charge on any atom is 0.414 e. The van der Waals surface area contributed by atoms with Crippen LogP contribution in [0.4, 0.5) is 14.9 Å². The van der Waals surface area contributed by atoms with Crippen molar-refractivity contribution in [2.75, 3.05) is 44.3 Å². The third-order valence-corrected chi connectivity index (χ3v) is 4.39. The molecule has 2 amide bonds. The first-order chi connectivity index (χ1) is 13.0. The first-order valence-electron chi connectivity index (χ1n) is 9.00. The number of halogens is 1. The number of carbonyl (C=O) groups excluding carboxylic acids is 2. The van der Waals surface area contributed by atoms with Crippen LogP contribution >= 0.6 is 0 Å². The third kappa shape index (κ3) is 5.30. The molecule has 27 heavy (non-hydrogen) atoms. The predicted molar refractivity (Wildman–Crippen MR) is 95.4 cm³/mol. The molecule has 2 saturated heterocycles. The van der Waals surface area contributed by atoms with E-state index >= 15 is 0 Å². The van der Waals surface area contributed by atoms with E-state index in [2.05, 4.69) is 10.6 Å². The number of nitrogens with one attached hydrogen (secondary N) is 2. The maximum absolute atomic E-state index is 14.3. The van der Waals surface area contributed by atoms with Crippen LogP contribution in [-0.4, -0.2) is 63.6 Å². The van der Waals surface area contributed by atoms with Crippen molar-refractivity contribution >= 4 is 17.7 Å². The van der Waals surface area contributed by atoms with E-state index in [1.54, 1.807) is 6.07 Å². The average Bonchev–Trinajstić information content (AvgIpc) is 3.27. The van der Waals surface area contributed by atoms with E-state index in [-0.39, 0.29) is 37.5 Å². The molecule has 0 aromatic heterocycles. The Bertz CT molecular complexity index is 681. The molecule has 0 saturated carbocycles. The highest BCUT2D eigenvalue weighted by atomic mass is 19.1. The predicted octanol–water partition coefficient (Wildman–Crippen LogP) is 1.04. The minimum absolute atomic E-state index is 0.106. The molecule has 2 aliphatic rings. The van der Waals surface area contributed by atoms with Gasteiger partial charge in [-0.1, -0.05) is 0 Å². The van der Waals surface area contributed by atoms with Gasteiger partial charge in [-0.25, -0.2) is 9.18 Å². The number of cyclic esters (lactones) is 1. The summed E-state index contributed by atoms with van der Waals surface area (Å²) in [6.07, 6.45) is 0.116. The van der Waals surface area contributed by atoms with Gasteiger partial charge in [-0.2, -0.15) is 0 Å². The molecular formula is C18H24FN3O5. The fourth-order valence-corrected chi connectivity index (χ4v) is 3.01. The number of hydrogen-bond donors (Lipinski definition) is 2. The fourth-order valence-electron chi connectivity index (χ4n) is 3.01. The lowest BCUT2D eigenvalue weighted by atomic mass is 10.2. The fraction of sp³-hybridized carbons (Fsp3) is 0.556. The number of amides is 2. The third-order valence-electron chi connectivity index (χ3n) is 4.39. The highest BCUT2D eigenvalue weighted by Gasteiger charge is 2.32. The van der Waals surface area contributed by atoms with Gasteiger partial charge in [0.15, 0.2) is 11.6 Å². The Morgan fingerprint density at radius 2 is 2.30 bits per heavy atom. The molecule has 2 N–H and O–H groups in total. The van der Waals surface area contributed by atoms with Gasteiger partial charge in [-0.15, -0.1) is 0 Å². The largest absolute Gasteiger partial charge is 0.488 e. The van der Waals surface area contributed by atoms with Gasteiger partial charge in [0, 0.05) is 19.5 Å². The first-order valence-corrected chi connectivity index (χ1v) is 9.00. The highest BCUT2D eigenvalue weighted by Crippen LogP contribution is 2.27. The van der Waals surface area contributed by atoms with Crippen LogP contribution in [0.25, 0.3) is 0 Å². The Kier molecular flexibility index (Phi) is 6.46.